The van der Waals surface area contributed by atoms with Crippen molar-refractivity contribution < 1.29 is 19.5 Å². The fourth-order valence-corrected chi connectivity index (χ4v) is 4.54. The Hall–Kier alpha value is -3.39. The summed E-state index contributed by atoms with van der Waals surface area (Å²) >= 11 is 0. The lowest BCUT2D eigenvalue weighted by Gasteiger charge is -2.39. The Morgan fingerprint density at radius 1 is 1.15 bits per heavy atom. The summed E-state index contributed by atoms with van der Waals surface area (Å²) in [4.78, 5) is 42.1. The van der Waals surface area contributed by atoms with E-state index in [1.165, 1.54) is 6.92 Å². The Morgan fingerprint density at radius 3 is 2.29 bits per heavy atom. The number of amides is 3. The molecule has 0 radical (unpaired) electrons. The summed E-state index contributed by atoms with van der Waals surface area (Å²) in [5.41, 5.74) is 10.1. The maximum absolute atomic E-state index is 13.9. The van der Waals surface area contributed by atoms with E-state index in [0.717, 1.165) is 27.8 Å². The number of carbonyl (C=O) groups is 3. The second-order valence-corrected chi connectivity index (χ2v) is 9.33. The summed E-state index contributed by atoms with van der Waals surface area (Å²) in [6, 6.07) is 9.03. The topological polar surface area (TPSA) is 116 Å². The van der Waals surface area contributed by atoms with Crippen LogP contribution in [0, 0.1) is 13.8 Å². The van der Waals surface area contributed by atoms with Crippen molar-refractivity contribution in [1.82, 2.24) is 15.1 Å². The van der Waals surface area contributed by atoms with E-state index < -0.39 is 29.9 Å². The maximum Gasteiger partial charge on any atom is 0.243 e. The highest BCUT2D eigenvalue weighted by Gasteiger charge is 2.39. The van der Waals surface area contributed by atoms with Gasteiger partial charge >= 0.3 is 0 Å². The minimum atomic E-state index is -0.839. The Kier molecular flexibility index (Phi) is 7.61. The van der Waals surface area contributed by atoms with E-state index in [2.05, 4.69) is 5.32 Å². The third kappa shape index (κ3) is 5.39. The number of aromatic hydroxyl groups is 1. The monoisotopic (exact) mass is 466 g/mol. The van der Waals surface area contributed by atoms with Crippen molar-refractivity contribution in [3.8, 4) is 5.75 Å². The summed E-state index contributed by atoms with van der Waals surface area (Å²) in [5, 5.41) is 12.6. The molecule has 0 fully saturated rings. The molecule has 0 saturated carbocycles. The number of phenolic OH excluding ortho intramolecular Hbond substituents is 1. The highest BCUT2D eigenvalue weighted by molar-refractivity contribution is 5.93. The second kappa shape index (κ2) is 10.3. The van der Waals surface area contributed by atoms with Gasteiger partial charge in [-0.1, -0.05) is 24.3 Å². The number of primary amides is 1. The summed E-state index contributed by atoms with van der Waals surface area (Å²) in [6.07, 6.45) is 0.796. The van der Waals surface area contributed by atoms with Gasteiger partial charge in [-0.25, -0.2) is 0 Å². The van der Waals surface area contributed by atoms with Crippen LogP contribution >= 0.6 is 0 Å². The molecule has 2 aromatic rings. The number of benzene rings is 2. The molecule has 0 bridgehead atoms. The average molecular weight is 467 g/mol. The molecule has 3 rings (SSSR count). The average Bonchev–Trinajstić information content (AvgIpc) is 2.76. The lowest BCUT2D eigenvalue weighted by Crippen LogP contribution is -2.59. The van der Waals surface area contributed by atoms with Gasteiger partial charge in [0.2, 0.25) is 17.7 Å². The summed E-state index contributed by atoms with van der Waals surface area (Å²) in [6.45, 7) is 5.66. The molecule has 0 aliphatic carbocycles. The van der Waals surface area contributed by atoms with Gasteiger partial charge < -0.3 is 21.1 Å². The van der Waals surface area contributed by atoms with Crippen LogP contribution in [0.15, 0.2) is 36.4 Å². The number of phenols is 1. The Labute approximate surface area is 200 Å². The van der Waals surface area contributed by atoms with Gasteiger partial charge in [-0.15, -0.1) is 0 Å². The Bertz CT molecular complexity index is 1070. The summed E-state index contributed by atoms with van der Waals surface area (Å²) < 4.78 is 0. The number of nitrogens with two attached hydrogens (primary N) is 1. The number of hydrogen-bond donors (Lipinski definition) is 3. The van der Waals surface area contributed by atoms with Gasteiger partial charge in [-0.3, -0.25) is 19.3 Å². The number of aryl methyl sites for hydroxylation is 2. The van der Waals surface area contributed by atoms with Crippen molar-refractivity contribution in [2.75, 3.05) is 14.1 Å². The molecule has 8 heteroatoms. The van der Waals surface area contributed by atoms with Gasteiger partial charge in [0.15, 0.2) is 0 Å². The van der Waals surface area contributed by atoms with Crippen molar-refractivity contribution in [3.05, 3.63) is 64.2 Å². The van der Waals surface area contributed by atoms with E-state index in [0.29, 0.717) is 19.4 Å². The highest BCUT2D eigenvalue weighted by Crippen LogP contribution is 2.27. The quantitative estimate of drug-likeness (QED) is 0.571. The maximum atomic E-state index is 13.9. The molecule has 182 valence electrons. The van der Waals surface area contributed by atoms with E-state index in [9.17, 15) is 19.5 Å². The van der Waals surface area contributed by atoms with Crippen molar-refractivity contribution in [1.29, 1.82) is 0 Å². The molecule has 0 saturated heterocycles. The first-order chi connectivity index (χ1) is 16.0. The molecule has 0 unspecified atom stereocenters. The highest BCUT2D eigenvalue weighted by atomic mass is 16.3. The first kappa shape index (κ1) is 25.2. The van der Waals surface area contributed by atoms with Crippen LogP contribution < -0.4 is 11.1 Å². The van der Waals surface area contributed by atoms with Crippen LogP contribution in [0.2, 0.25) is 0 Å². The first-order valence-electron chi connectivity index (χ1n) is 11.4. The largest absolute Gasteiger partial charge is 0.508 e. The standard InChI is InChI=1S/C26H34N4O4/c1-15-10-20(31)11-16(2)21(15)13-23(29(4)5)26(34)30-14-19-9-7-6-8-18(19)12-22(30)25(33)28-17(3)24(27)32/h6-11,17,22-23,31H,12-14H2,1-5H3,(H2,27,32)(H,28,33)/t17-,22-,23-/m0/s1. The Morgan fingerprint density at radius 2 is 1.74 bits per heavy atom. The van der Waals surface area contributed by atoms with Gasteiger partial charge in [0.25, 0.3) is 0 Å². The van der Waals surface area contributed by atoms with Gasteiger partial charge in [-0.05, 0) is 81.2 Å². The first-order valence-corrected chi connectivity index (χ1v) is 11.4. The van der Waals surface area contributed by atoms with Crippen molar-refractivity contribution >= 4 is 17.7 Å². The molecule has 4 N–H and O–H groups in total. The van der Waals surface area contributed by atoms with E-state index in [-0.39, 0.29) is 11.7 Å². The minimum Gasteiger partial charge on any atom is -0.508 e. The molecular weight excluding hydrogens is 432 g/mol. The molecule has 2 aromatic carbocycles. The molecule has 8 nitrogen and oxygen atoms in total. The zero-order valence-electron chi connectivity index (χ0n) is 20.5. The molecule has 3 atom stereocenters. The van der Waals surface area contributed by atoms with E-state index in [1.807, 2.05) is 57.1 Å². The van der Waals surface area contributed by atoms with Gasteiger partial charge in [-0.2, -0.15) is 0 Å². The number of likely N-dealkylation sites (N-methyl/N-ethyl adjacent to an activating group) is 1. The van der Waals surface area contributed by atoms with Gasteiger partial charge in [0, 0.05) is 13.0 Å². The fourth-order valence-electron chi connectivity index (χ4n) is 4.54. The van der Waals surface area contributed by atoms with E-state index in [1.54, 1.807) is 17.0 Å². The summed E-state index contributed by atoms with van der Waals surface area (Å²) in [7, 11) is 3.69. The van der Waals surface area contributed by atoms with Crippen LogP contribution in [0.1, 0.15) is 34.7 Å². The third-order valence-electron chi connectivity index (χ3n) is 6.61. The predicted molar refractivity (Wildman–Crippen MR) is 130 cm³/mol. The predicted octanol–water partition coefficient (Wildman–Crippen LogP) is 1.43. The number of hydrogen-bond acceptors (Lipinski definition) is 5. The zero-order valence-corrected chi connectivity index (χ0v) is 20.5. The lowest BCUT2D eigenvalue weighted by molar-refractivity contribution is -0.146. The molecule has 34 heavy (non-hydrogen) atoms. The van der Waals surface area contributed by atoms with Gasteiger partial charge in [0.05, 0.1) is 6.04 Å². The van der Waals surface area contributed by atoms with E-state index >= 15 is 0 Å². The molecular formula is C26H34N4O4. The van der Waals surface area contributed by atoms with Crippen molar-refractivity contribution in [2.24, 2.45) is 5.73 Å². The molecule has 1 heterocycles. The van der Waals surface area contributed by atoms with Crippen LogP contribution in [-0.4, -0.2) is 64.8 Å². The van der Waals surface area contributed by atoms with Crippen molar-refractivity contribution in [3.63, 3.8) is 0 Å². The molecule has 0 aromatic heterocycles. The number of fused-ring (bicyclic) bond motifs is 1. The minimum absolute atomic E-state index is 0.168. The number of rotatable bonds is 7. The van der Waals surface area contributed by atoms with Gasteiger partial charge in [0.1, 0.15) is 17.8 Å². The summed E-state index contributed by atoms with van der Waals surface area (Å²) in [5.74, 6) is -1.01. The van der Waals surface area contributed by atoms with Crippen LogP contribution in [0.4, 0.5) is 0 Å². The number of nitrogens with zero attached hydrogens (tertiary/aromatic N) is 2. The molecule has 1 aliphatic heterocycles. The van der Waals surface area contributed by atoms with E-state index in [4.69, 9.17) is 5.73 Å². The zero-order chi connectivity index (χ0) is 25.2. The SMILES string of the molecule is Cc1cc(O)cc(C)c1C[C@@H](C(=O)N1Cc2ccccc2C[C@H]1C(=O)N[C@@H](C)C(N)=O)N(C)C. The van der Waals surface area contributed by atoms with Crippen LogP contribution in [0.3, 0.4) is 0 Å². The Balaban J connectivity index is 1.95. The lowest BCUT2D eigenvalue weighted by atomic mass is 9.90. The smallest absolute Gasteiger partial charge is 0.243 e. The van der Waals surface area contributed by atoms with Crippen molar-refractivity contribution in [2.45, 2.75) is 58.3 Å². The van der Waals surface area contributed by atoms with Crippen LogP contribution in [-0.2, 0) is 33.8 Å². The van der Waals surface area contributed by atoms with Crippen LogP contribution in [0.25, 0.3) is 0 Å². The fraction of sp³-hybridized carbons (Fsp3) is 0.423. The van der Waals surface area contributed by atoms with Crippen LogP contribution in [0.5, 0.6) is 5.75 Å². The normalized spacial score (nSPS) is 17.1. The second-order valence-electron chi connectivity index (χ2n) is 9.33. The molecule has 1 aliphatic rings. The third-order valence-corrected chi connectivity index (χ3v) is 6.61. The molecule has 0 spiro atoms. The molecule has 3 amide bonds. The number of nitrogens with one attached hydrogen (secondary N) is 1. The number of carbonyl (C=O) groups excluding carboxylic acids is 3.